The highest BCUT2D eigenvalue weighted by Crippen LogP contribution is 2.31. The molecule has 1 aliphatic rings. The first kappa shape index (κ1) is 23.9. The molecule has 0 saturated carbocycles. The van der Waals surface area contributed by atoms with Crippen LogP contribution in [0.4, 0.5) is 5.69 Å². The molecule has 36 heavy (non-hydrogen) atoms. The minimum atomic E-state index is -0.0213. The Hall–Kier alpha value is -3.84. The molecule has 1 fully saturated rings. The number of fused-ring (bicyclic) bond motifs is 1. The molecule has 2 atom stereocenters. The van der Waals surface area contributed by atoms with Gasteiger partial charge in [0.25, 0.3) is 5.91 Å². The molecule has 0 spiro atoms. The number of nitrogens with one attached hydrogen (secondary N) is 2. The van der Waals surface area contributed by atoms with E-state index < -0.39 is 0 Å². The zero-order valence-electron chi connectivity index (χ0n) is 21.0. The van der Waals surface area contributed by atoms with Crippen LogP contribution >= 0.6 is 0 Å². The summed E-state index contributed by atoms with van der Waals surface area (Å²) in [6.07, 6.45) is 9.16. The van der Waals surface area contributed by atoms with Crippen LogP contribution in [0.25, 0.3) is 22.0 Å². The van der Waals surface area contributed by atoms with E-state index >= 15 is 0 Å². The number of piperidine rings is 1. The molecule has 184 valence electrons. The molecule has 0 radical (unpaired) electrons. The molecular weight excluding hydrogens is 448 g/mol. The molecule has 5 rings (SSSR count). The van der Waals surface area contributed by atoms with Crippen LogP contribution in [0.1, 0.15) is 48.8 Å². The van der Waals surface area contributed by atoms with E-state index in [-0.39, 0.29) is 18.0 Å². The summed E-state index contributed by atoms with van der Waals surface area (Å²) < 4.78 is 0. The molecule has 2 N–H and O–H groups in total. The van der Waals surface area contributed by atoms with Crippen LogP contribution in [0.15, 0.2) is 73.3 Å². The quantitative estimate of drug-likeness (QED) is 0.401. The average molecular weight is 481 g/mol. The highest BCUT2D eigenvalue weighted by molar-refractivity contribution is 5.94. The van der Waals surface area contributed by atoms with Gasteiger partial charge in [-0.25, -0.2) is 0 Å². The highest BCUT2D eigenvalue weighted by Gasteiger charge is 2.29. The van der Waals surface area contributed by atoms with E-state index in [1.54, 1.807) is 0 Å². The summed E-state index contributed by atoms with van der Waals surface area (Å²) in [5.74, 6) is -0.0213. The third-order valence-electron chi connectivity index (χ3n) is 6.70. The third kappa shape index (κ3) is 5.36. The maximum Gasteiger partial charge on any atom is 0.251 e. The lowest BCUT2D eigenvalue weighted by Gasteiger charge is -2.37. The Morgan fingerprint density at radius 1 is 1.00 bits per heavy atom. The summed E-state index contributed by atoms with van der Waals surface area (Å²) >= 11 is 0. The fraction of sp³-hybridized carbons (Fsp3) is 0.310. The van der Waals surface area contributed by atoms with Crippen molar-refractivity contribution < 1.29 is 4.79 Å². The Kier molecular flexibility index (Phi) is 6.91. The SMILES string of the molecule is CC(C)Nc1cncc(-c2cnc3cnc(C4CC(NC(=O)c5ccccc5)CCN4C)cc3c2)c1. The van der Waals surface area contributed by atoms with Crippen LogP contribution in [0.3, 0.4) is 0 Å². The van der Waals surface area contributed by atoms with Crippen molar-refractivity contribution in [1.82, 2.24) is 25.2 Å². The van der Waals surface area contributed by atoms with Crippen molar-refractivity contribution in [3.05, 3.63) is 84.6 Å². The number of anilines is 1. The zero-order chi connectivity index (χ0) is 25.1. The van der Waals surface area contributed by atoms with Gasteiger partial charge in [0.15, 0.2) is 0 Å². The molecule has 0 bridgehead atoms. The maximum atomic E-state index is 12.7. The molecule has 3 aromatic heterocycles. The second kappa shape index (κ2) is 10.4. The van der Waals surface area contributed by atoms with Gasteiger partial charge in [-0.2, -0.15) is 0 Å². The van der Waals surface area contributed by atoms with Crippen LogP contribution in [0.5, 0.6) is 0 Å². The van der Waals surface area contributed by atoms with E-state index in [1.165, 1.54) is 0 Å². The topological polar surface area (TPSA) is 83.0 Å². The lowest BCUT2D eigenvalue weighted by molar-refractivity contribution is 0.0886. The molecule has 1 saturated heterocycles. The van der Waals surface area contributed by atoms with Gasteiger partial charge in [-0.1, -0.05) is 18.2 Å². The van der Waals surface area contributed by atoms with Crippen molar-refractivity contribution in [1.29, 1.82) is 0 Å². The van der Waals surface area contributed by atoms with Gasteiger partial charge < -0.3 is 10.6 Å². The minimum Gasteiger partial charge on any atom is -0.382 e. The summed E-state index contributed by atoms with van der Waals surface area (Å²) in [4.78, 5) is 28.9. The van der Waals surface area contributed by atoms with Crippen molar-refractivity contribution >= 4 is 22.5 Å². The molecule has 7 heteroatoms. The van der Waals surface area contributed by atoms with E-state index in [0.29, 0.717) is 11.6 Å². The Balaban J connectivity index is 1.37. The van der Waals surface area contributed by atoms with Gasteiger partial charge in [0.2, 0.25) is 0 Å². The molecule has 1 aliphatic heterocycles. The van der Waals surface area contributed by atoms with Gasteiger partial charge in [-0.15, -0.1) is 0 Å². The fourth-order valence-corrected chi connectivity index (χ4v) is 4.82. The number of carbonyl (C=O) groups excluding carboxylic acids is 1. The molecule has 4 aromatic rings. The normalized spacial score (nSPS) is 18.3. The van der Waals surface area contributed by atoms with Crippen LogP contribution in [-0.4, -0.2) is 51.4 Å². The first-order chi connectivity index (χ1) is 17.5. The monoisotopic (exact) mass is 480 g/mol. The van der Waals surface area contributed by atoms with E-state index in [4.69, 9.17) is 4.98 Å². The van der Waals surface area contributed by atoms with Gasteiger partial charge in [0.05, 0.1) is 29.1 Å². The van der Waals surface area contributed by atoms with E-state index in [1.807, 2.05) is 55.1 Å². The van der Waals surface area contributed by atoms with Crippen LogP contribution in [0.2, 0.25) is 0 Å². The number of amides is 1. The molecule has 1 amide bonds. The summed E-state index contributed by atoms with van der Waals surface area (Å²) in [6, 6.07) is 16.3. The second-order valence-electron chi connectivity index (χ2n) is 9.84. The molecule has 2 unspecified atom stereocenters. The fourth-order valence-electron chi connectivity index (χ4n) is 4.82. The van der Waals surface area contributed by atoms with Crippen LogP contribution < -0.4 is 10.6 Å². The minimum absolute atomic E-state index is 0.0213. The first-order valence-corrected chi connectivity index (χ1v) is 12.5. The summed E-state index contributed by atoms with van der Waals surface area (Å²) in [5.41, 5.74) is 5.58. The van der Waals surface area contributed by atoms with Crippen molar-refractivity contribution in [3.63, 3.8) is 0 Å². The number of benzene rings is 1. The molecule has 4 heterocycles. The largest absolute Gasteiger partial charge is 0.382 e. The number of carbonyl (C=O) groups is 1. The molecule has 1 aromatic carbocycles. The van der Waals surface area contributed by atoms with Gasteiger partial charge in [0, 0.05) is 59.3 Å². The third-order valence-corrected chi connectivity index (χ3v) is 6.70. The Morgan fingerprint density at radius 3 is 2.61 bits per heavy atom. The number of hydrogen-bond acceptors (Lipinski definition) is 6. The van der Waals surface area contributed by atoms with Gasteiger partial charge in [-0.05, 0) is 64.1 Å². The number of hydrogen-bond donors (Lipinski definition) is 2. The van der Waals surface area contributed by atoms with Gasteiger partial charge in [-0.3, -0.25) is 24.6 Å². The van der Waals surface area contributed by atoms with E-state index in [0.717, 1.165) is 52.8 Å². The number of nitrogens with zero attached hydrogens (tertiary/aromatic N) is 4. The highest BCUT2D eigenvalue weighted by atomic mass is 16.1. The van der Waals surface area contributed by atoms with E-state index in [9.17, 15) is 4.79 Å². The van der Waals surface area contributed by atoms with Crippen molar-refractivity contribution in [2.45, 2.75) is 44.8 Å². The summed E-state index contributed by atoms with van der Waals surface area (Å²) in [7, 11) is 2.12. The second-order valence-corrected chi connectivity index (χ2v) is 9.84. The van der Waals surface area contributed by atoms with Crippen molar-refractivity contribution in [2.24, 2.45) is 0 Å². The van der Waals surface area contributed by atoms with Crippen molar-refractivity contribution in [3.8, 4) is 11.1 Å². The smallest absolute Gasteiger partial charge is 0.251 e. The number of pyridine rings is 3. The molecule has 0 aliphatic carbocycles. The van der Waals surface area contributed by atoms with E-state index in [2.05, 4.69) is 64.6 Å². The summed E-state index contributed by atoms with van der Waals surface area (Å²) in [6.45, 7) is 5.11. The zero-order valence-corrected chi connectivity index (χ0v) is 21.0. The predicted octanol–water partition coefficient (Wildman–Crippen LogP) is 5.08. The van der Waals surface area contributed by atoms with Crippen LogP contribution in [-0.2, 0) is 0 Å². The lowest BCUT2D eigenvalue weighted by atomic mass is 9.94. The van der Waals surface area contributed by atoms with Crippen molar-refractivity contribution in [2.75, 3.05) is 18.9 Å². The molecule has 7 nitrogen and oxygen atoms in total. The maximum absolute atomic E-state index is 12.7. The van der Waals surface area contributed by atoms with Gasteiger partial charge >= 0.3 is 0 Å². The summed E-state index contributed by atoms with van der Waals surface area (Å²) in [5, 5.41) is 7.68. The number of aromatic nitrogens is 3. The Labute approximate surface area is 212 Å². The Bertz CT molecular complexity index is 1360. The number of likely N-dealkylation sites (tertiary alicyclic amines) is 1. The number of rotatable bonds is 6. The predicted molar refractivity (Wildman–Crippen MR) is 144 cm³/mol. The molecular formula is C29H32N6O. The Morgan fingerprint density at radius 2 is 1.81 bits per heavy atom. The first-order valence-electron chi connectivity index (χ1n) is 12.5. The van der Waals surface area contributed by atoms with Gasteiger partial charge in [0.1, 0.15) is 0 Å². The van der Waals surface area contributed by atoms with Crippen LogP contribution in [0, 0.1) is 0 Å². The standard InChI is InChI=1S/C29H32N6O/c1-19(2)33-25-12-23(15-30-17-25)22-11-21-13-26(32-18-27(21)31-16-22)28-14-24(9-10-35(28)3)34-29(36)20-7-5-4-6-8-20/h4-8,11-13,15-19,24,28,33H,9-10,14H2,1-3H3,(H,34,36). The average Bonchev–Trinajstić information content (AvgIpc) is 2.89. The lowest BCUT2D eigenvalue weighted by Crippen LogP contribution is -2.45.